The molecule has 21 heavy (non-hydrogen) atoms. The molecule has 0 aliphatic heterocycles. The first-order valence-corrected chi connectivity index (χ1v) is 7.75. The Balaban J connectivity index is 1.56. The SMILES string of the molecule is O=C(Cc1cccc(Br)c1)Nc1ccc(NC2CC2)cn1. The van der Waals surface area contributed by atoms with Gasteiger partial charge in [0.2, 0.25) is 5.91 Å². The van der Waals surface area contributed by atoms with Gasteiger partial charge in [0.1, 0.15) is 5.82 Å². The second-order valence-electron chi connectivity index (χ2n) is 5.21. The Morgan fingerprint density at radius 3 is 2.81 bits per heavy atom. The minimum atomic E-state index is -0.0662. The number of carbonyl (C=O) groups excluding carboxylic acids is 1. The average Bonchev–Trinajstić information content (AvgIpc) is 3.25. The minimum Gasteiger partial charge on any atom is -0.381 e. The van der Waals surface area contributed by atoms with Gasteiger partial charge in [0.15, 0.2) is 0 Å². The van der Waals surface area contributed by atoms with Crippen LogP contribution in [0.4, 0.5) is 11.5 Å². The van der Waals surface area contributed by atoms with Crippen LogP contribution in [0.5, 0.6) is 0 Å². The van der Waals surface area contributed by atoms with Gasteiger partial charge in [0.05, 0.1) is 18.3 Å². The van der Waals surface area contributed by atoms with Gasteiger partial charge < -0.3 is 10.6 Å². The molecule has 1 heterocycles. The molecule has 1 aromatic carbocycles. The zero-order chi connectivity index (χ0) is 14.7. The molecule has 1 fully saturated rings. The normalized spacial score (nSPS) is 13.8. The van der Waals surface area contributed by atoms with Gasteiger partial charge in [-0.05, 0) is 42.7 Å². The largest absolute Gasteiger partial charge is 0.381 e. The molecule has 5 heteroatoms. The number of hydrogen-bond donors (Lipinski definition) is 2. The number of nitrogens with zero attached hydrogens (tertiary/aromatic N) is 1. The maximum Gasteiger partial charge on any atom is 0.229 e. The fourth-order valence-electron chi connectivity index (χ4n) is 2.04. The lowest BCUT2D eigenvalue weighted by Gasteiger charge is -2.07. The predicted molar refractivity (Wildman–Crippen MR) is 87.4 cm³/mol. The Hall–Kier alpha value is -1.88. The van der Waals surface area contributed by atoms with Crippen LogP contribution in [0.2, 0.25) is 0 Å². The van der Waals surface area contributed by atoms with E-state index in [9.17, 15) is 4.79 Å². The number of rotatable bonds is 5. The zero-order valence-corrected chi connectivity index (χ0v) is 13.1. The van der Waals surface area contributed by atoms with Crippen molar-refractivity contribution in [3.8, 4) is 0 Å². The lowest BCUT2D eigenvalue weighted by atomic mass is 10.1. The predicted octanol–water partition coefficient (Wildman–Crippen LogP) is 3.60. The first-order chi connectivity index (χ1) is 10.2. The van der Waals surface area contributed by atoms with E-state index in [2.05, 4.69) is 31.5 Å². The van der Waals surface area contributed by atoms with Crippen LogP contribution in [0.3, 0.4) is 0 Å². The van der Waals surface area contributed by atoms with Gasteiger partial charge in [-0.15, -0.1) is 0 Å². The summed E-state index contributed by atoms with van der Waals surface area (Å²) in [6.45, 7) is 0. The third-order valence-corrected chi connectivity index (χ3v) is 3.73. The number of aromatic nitrogens is 1. The quantitative estimate of drug-likeness (QED) is 0.870. The maximum absolute atomic E-state index is 12.0. The van der Waals surface area contributed by atoms with Crippen LogP contribution < -0.4 is 10.6 Å². The first-order valence-electron chi connectivity index (χ1n) is 6.96. The zero-order valence-electron chi connectivity index (χ0n) is 11.5. The van der Waals surface area contributed by atoms with Crippen molar-refractivity contribution >= 4 is 33.3 Å². The van der Waals surface area contributed by atoms with Gasteiger partial charge in [0.25, 0.3) is 0 Å². The second-order valence-corrected chi connectivity index (χ2v) is 6.12. The molecule has 2 N–H and O–H groups in total. The van der Waals surface area contributed by atoms with E-state index in [1.807, 2.05) is 36.4 Å². The van der Waals surface area contributed by atoms with Crippen LogP contribution in [0.1, 0.15) is 18.4 Å². The Morgan fingerprint density at radius 1 is 1.29 bits per heavy atom. The van der Waals surface area contributed by atoms with Crippen LogP contribution in [0, 0.1) is 0 Å². The van der Waals surface area contributed by atoms with Crippen LogP contribution >= 0.6 is 15.9 Å². The van der Waals surface area contributed by atoms with E-state index < -0.39 is 0 Å². The summed E-state index contributed by atoms with van der Waals surface area (Å²) in [5.74, 6) is 0.514. The molecule has 0 spiro atoms. The van der Waals surface area contributed by atoms with E-state index in [1.165, 1.54) is 12.8 Å². The van der Waals surface area contributed by atoms with Gasteiger partial charge in [-0.3, -0.25) is 4.79 Å². The van der Waals surface area contributed by atoms with Crippen LogP contribution in [-0.2, 0) is 11.2 Å². The standard InChI is InChI=1S/C16H16BrN3O/c17-12-3-1-2-11(8-12)9-16(21)20-15-7-6-14(10-18-15)19-13-4-5-13/h1-3,6-8,10,13,19H,4-5,9H2,(H,18,20,21). The van der Waals surface area contributed by atoms with Crippen molar-refractivity contribution in [3.63, 3.8) is 0 Å². The van der Waals surface area contributed by atoms with Gasteiger partial charge in [-0.1, -0.05) is 28.1 Å². The molecule has 0 unspecified atom stereocenters. The molecule has 0 saturated heterocycles. The molecule has 0 radical (unpaired) electrons. The lowest BCUT2D eigenvalue weighted by molar-refractivity contribution is -0.115. The van der Waals surface area contributed by atoms with E-state index in [0.717, 1.165) is 15.7 Å². The summed E-state index contributed by atoms with van der Waals surface area (Å²) >= 11 is 3.40. The molecular weight excluding hydrogens is 330 g/mol. The average molecular weight is 346 g/mol. The Bertz CT molecular complexity index is 638. The second kappa shape index (κ2) is 6.26. The van der Waals surface area contributed by atoms with Crippen molar-refractivity contribution in [2.45, 2.75) is 25.3 Å². The van der Waals surface area contributed by atoms with Crippen LogP contribution in [0.25, 0.3) is 0 Å². The number of benzene rings is 1. The Labute approximate surface area is 132 Å². The molecule has 108 valence electrons. The fourth-order valence-corrected chi connectivity index (χ4v) is 2.48. The van der Waals surface area contributed by atoms with Gasteiger partial charge in [-0.2, -0.15) is 0 Å². The smallest absolute Gasteiger partial charge is 0.229 e. The number of pyridine rings is 1. The molecule has 1 aromatic heterocycles. The molecule has 0 atom stereocenters. The summed E-state index contributed by atoms with van der Waals surface area (Å²) in [5.41, 5.74) is 1.97. The van der Waals surface area contributed by atoms with Crippen molar-refractivity contribution in [1.29, 1.82) is 0 Å². The fraction of sp³-hybridized carbons (Fsp3) is 0.250. The number of halogens is 1. The number of anilines is 2. The molecule has 1 saturated carbocycles. The highest BCUT2D eigenvalue weighted by atomic mass is 79.9. The summed E-state index contributed by atoms with van der Waals surface area (Å²) < 4.78 is 0.974. The highest BCUT2D eigenvalue weighted by molar-refractivity contribution is 9.10. The summed E-state index contributed by atoms with van der Waals surface area (Å²) in [5, 5.41) is 6.17. The maximum atomic E-state index is 12.0. The summed E-state index contributed by atoms with van der Waals surface area (Å²) in [6, 6.07) is 12.1. The van der Waals surface area contributed by atoms with E-state index in [-0.39, 0.29) is 5.91 Å². The minimum absolute atomic E-state index is 0.0662. The Kier molecular flexibility index (Phi) is 4.20. The van der Waals surface area contributed by atoms with Crippen molar-refractivity contribution in [1.82, 2.24) is 4.98 Å². The van der Waals surface area contributed by atoms with Crippen LogP contribution in [-0.4, -0.2) is 16.9 Å². The van der Waals surface area contributed by atoms with Gasteiger partial charge in [-0.25, -0.2) is 4.98 Å². The molecule has 4 nitrogen and oxygen atoms in total. The monoisotopic (exact) mass is 345 g/mol. The van der Waals surface area contributed by atoms with Crippen LogP contribution in [0.15, 0.2) is 47.1 Å². The van der Waals surface area contributed by atoms with Gasteiger partial charge in [0, 0.05) is 10.5 Å². The third-order valence-electron chi connectivity index (χ3n) is 3.23. The molecule has 3 rings (SSSR count). The number of nitrogens with one attached hydrogen (secondary N) is 2. The molecule has 0 bridgehead atoms. The molecule has 1 amide bonds. The highest BCUT2D eigenvalue weighted by Crippen LogP contribution is 2.24. The lowest BCUT2D eigenvalue weighted by Crippen LogP contribution is -2.15. The molecular formula is C16H16BrN3O. The van der Waals surface area contributed by atoms with Gasteiger partial charge >= 0.3 is 0 Å². The highest BCUT2D eigenvalue weighted by Gasteiger charge is 2.20. The third kappa shape index (κ3) is 4.29. The summed E-state index contributed by atoms with van der Waals surface area (Å²) in [6.07, 6.45) is 4.55. The van der Waals surface area contributed by atoms with E-state index in [4.69, 9.17) is 0 Å². The van der Waals surface area contributed by atoms with E-state index in [1.54, 1.807) is 6.20 Å². The number of amides is 1. The number of hydrogen-bond acceptors (Lipinski definition) is 3. The Morgan fingerprint density at radius 2 is 2.14 bits per heavy atom. The molecule has 1 aliphatic rings. The summed E-state index contributed by atoms with van der Waals surface area (Å²) in [4.78, 5) is 16.2. The van der Waals surface area contributed by atoms with Crippen molar-refractivity contribution < 1.29 is 4.79 Å². The van der Waals surface area contributed by atoms with E-state index >= 15 is 0 Å². The van der Waals surface area contributed by atoms with Crippen molar-refractivity contribution in [2.75, 3.05) is 10.6 Å². The topological polar surface area (TPSA) is 54.0 Å². The van der Waals surface area contributed by atoms with Crippen molar-refractivity contribution in [2.24, 2.45) is 0 Å². The molecule has 1 aliphatic carbocycles. The van der Waals surface area contributed by atoms with E-state index in [0.29, 0.717) is 18.3 Å². The van der Waals surface area contributed by atoms with Crippen molar-refractivity contribution in [3.05, 3.63) is 52.6 Å². The first kappa shape index (κ1) is 14.1. The number of carbonyl (C=O) groups is 1. The molecule has 2 aromatic rings. The summed E-state index contributed by atoms with van der Waals surface area (Å²) in [7, 11) is 0.